The second-order valence-electron chi connectivity index (χ2n) is 15.5. The number of amides is 1. The molecule has 1 amide bonds. The first-order valence-corrected chi connectivity index (χ1v) is 19.6. The van der Waals surface area contributed by atoms with Crippen LogP contribution in [0.15, 0.2) is 122 Å². The van der Waals surface area contributed by atoms with Gasteiger partial charge in [0.15, 0.2) is 23.7 Å². The number of anilines is 1. The van der Waals surface area contributed by atoms with E-state index in [2.05, 4.69) is 20.4 Å². The minimum absolute atomic E-state index is 0.0945. The predicted molar refractivity (Wildman–Crippen MR) is 224 cm³/mol. The van der Waals surface area contributed by atoms with Crippen molar-refractivity contribution in [2.75, 3.05) is 26.6 Å². The summed E-state index contributed by atoms with van der Waals surface area (Å²) in [7, 11) is 3.16. The SMILES string of the molecule is COc1ccc(C(O[C@@H]2[C@H](NN(C(=O)OC(C)(C)C)[C@@H](Cc3ccccc3)C(=O)O)[C@@H](CO)O[C@H]2n2cnc3c(N)ncnc32)(c2ccccc2)c2ccc(OC)cc2)cc1. The van der Waals surface area contributed by atoms with Crippen LogP contribution in [0.25, 0.3) is 11.2 Å². The third-order valence-electron chi connectivity index (χ3n) is 10.4. The molecule has 6 aromatic rings. The van der Waals surface area contributed by atoms with E-state index in [9.17, 15) is 19.8 Å². The topological polar surface area (TPSA) is 206 Å². The number of fused-ring (bicyclic) bond motifs is 1. The van der Waals surface area contributed by atoms with Crippen LogP contribution in [-0.2, 0) is 31.0 Å². The van der Waals surface area contributed by atoms with Gasteiger partial charge in [-0.05, 0) is 67.3 Å². The average molecular weight is 832 g/mol. The highest BCUT2D eigenvalue weighted by atomic mass is 16.6. The number of hydrogen-bond donors (Lipinski definition) is 4. The molecule has 16 nitrogen and oxygen atoms in total. The molecule has 318 valence electrons. The van der Waals surface area contributed by atoms with Crippen molar-refractivity contribution >= 4 is 29.0 Å². The van der Waals surface area contributed by atoms with Crippen molar-refractivity contribution in [3.05, 3.63) is 144 Å². The molecule has 0 radical (unpaired) electrons. The van der Waals surface area contributed by atoms with Crippen LogP contribution in [0.5, 0.6) is 11.5 Å². The van der Waals surface area contributed by atoms with Crippen molar-refractivity contribution < 1.29 is 43.5 Å². The first kappa shape index (κ1) is 42.5. The van der Waals surface area contributed by atoms with Crippen molar-refractivity contribution in [1.29, 1.82) is 0 Å². The molecule has 0 spiro atoms. The van der Waals surface area contributed by atoms with Gasteiger partial charge in [0, 0.05) is 6.42 Å². The number of nitrogens with one attached hydrogen (secondary N) is 1. The van der Waals surface area contributed by atoms with Crippen molar-refractivity contribution in [1.82, 2.24) is 30.0 Å². The molecular formula is C45H49N7O9. The lowest BCUT2D eigenvalue weighted by Crippen LogP contribution is -2.62. The average Bonchev–Trinajstić information content (AvgIpc) is 3.85. The number of aromatic nitrogens is 4. The molecule has 5 N–H and O–H groups in total. The molecule has 0 aliphatic carbocycles. The molecule has 1 aliphatic rings. The van der Waals surface area contributed by atoms with E-state index in [1.165, 1.54) is 12.7 Å². The van der Waals surface area contributed by atoms with Crippen molar-refractivity contribution in [2.45, 2.75) is 68.9 Å². The molecule has 3 heterocycles. The second kappa shape index (κ2) is 17.9. The standard InChI is InChI=1S/C45H49N7O9/c1-44(2,3)61-43(56)52(34(42(54)55)24-28-12-8-6-9-13-28)50-36-35(25-53)59-41(51-27-49-37-39(46)47-26-48-40(37)51)38(36)60-45(29-14-10-7-11-15-29,30-16-20-32(57-4)21-17-30)31-18-22-33(58-5)23-19-31/h6-23,26-27,34-36,38,41,50,53H,24-25H2,1-5H3,(H,54,55)(H2,46,47,48)/t34-,35+,36+,38+,41+/m0/s1. The van der Waals surface area contributed by atoms with Crippen LogP contribution in [0.3, 0.4) is 0 Å². The van der Waals surface area contributed by atoms with Crippen molar-refractivity contribution in [3.63, 3.8) is 0 Å². The Labute approximate surface area is 352 Å². The Bertz CT molecular complexity index is 2360. The van der Waals surface area contributed by atoms with E-state index in [4.69, 9.17) is 29.4 Å². The van der Waals surface area contributed by atoms with E-state index < -0.39 is 60.4 Å². The van der Waals surface area contributed by atoms with Gasteiger partial charge in [-0.1, -0.05) is 84.9 Å². The second-order valence-corrected chi connectivity index (χ2v) is 15.5. The summed E-state index contributed by atoms with van der Waals surface area (Å²) in [5, 5.41) is 22.9. The number of aliphatic carboxylic acids is 1. The molecule has 2 aromatic heterocycles. The molecule has 16 heteroatoms. The quantitative estimate of drug-likeness (QED) is 0.0746. The number of nitrogens with zero attached hydrogens (tertiary/aromatic N) is 5. The Hall–Kier alpha value is -6.59. The number of aliphatic hydroxyl groups is 1. The lowest BCUT2D eigenvalue weighted by Gasteiger charge is -2.42. The summed E-state index contributed by atoms with van der Waals surface area (Å²) in [6, 6.07) is 30.7. The Morgan fingerprint density at radius 3 is 1.97 bits per heavy atom. The van der Waals surface area contributed by atoms with Crippen LogP contribution in [0.4, 0.5) is 10.6 Å². The maximum absolute atomic E-state index is 14.3. The van der Waals surface area contributed by atoms with Gasteiger partial charge in [-0.3, -0.25) is 4.57 Å². The molecule has 7 rings (SSSR count). The van der Waals surface area contributed by atoms with E-state index in [-0.39, 0.29) is 12.2 Å². The van der Waals surface area contributed by atoms with E-state index >= 15 is 0 Å². The molecule has 5 atom stereocenters. The maximum Gasteiger partial charge on any atom is 0.425 e. The molecular weight excluding hydrogens is 783 g/mol. The fraction of sp³-hybridized carbons (Fsp3) is 0.311. The first-order valence-electron chi connectivity index (χ1n) is 19.6. The van der Waals surface area contributed by atoms with E-state index in [1.807, 2.05) is 84.9 Å². The van der Waals surface area contributed by atoms with Crippen LogP contribution < -0.4 is 20.6 Å². The van der Waals surface area contributed by atoms with Crippen LogP contribution in [-0.4, -0.2) is 97.5 Å². The number of carboxylic acid groups (broad SMARTS) is 1. The number of ether oxygens (including phenoxy) is 5. The lowest BCUT2D eigenvalue weighted by molar-refractivity contribution is -0.146. The fourth-order valence-corrected chi connectivity index (χ4v) is 7.56. The Kier molecular flexibility index (Phi) is 12.5. The van der Waals surface area contributed by atoms with Gasteiger partial charge in [0.25, 0.3) is 0 Å². The van der Waals surface area contributed by atoms with E-state index in [1.54, 1.807) is 63.8 Å². The number of carbonyl (C=O) groups is 2. The zero-order chi connectivity index (χ0) is 43.3. The van der Waals surface area contributed by atoms with Crippen LogP contribution >= 0.6 is 0 Å². The van der Waals surface area contributed by atoms with Gasteiger partial charge in [0.05, 0.1) is 33.2 Å². The number of aliphatic hydroxyl groups excluding tert-OH is 1. The molecule has 1 fully saturated rings. The first-order chi connectivity index (χ1) is 29.4. The summed E-state index contributed by atoms with van der Waals surface area (Å²) >= 11 is 0. The third-order valence-corrected chi connectivity index (χ3v) is 10.4. The summed E-state index contributed by atoms with van der Waals surface area (Å²) < 4.78 is 33.0. The number of hydrogen-bond acceptors (Lipinski definition) is 13. The molecule has 1 aliphatic heterocycles. The van der Waals surface area contributed by atoms with Crippen LogP contribution in [0.2, 0.25) is 0 Å². The number of hydrazine groups is 1. The molecule has 1 saturated heterocycles. The minimum Gasteiger partial charge on any atom is -0.497 e. The smallest absolute Gasteiger partial charge is 0.425 e. The highest BCUT2D eigenvalue weighted by molar-refractivity contribution is 5.81. The maximum atomic E-state index is 14.3. The van der Waals surface area contributed by atoms with E-state index in [0.717, 1.165) is 5.01 Å². The summed E-state index contributed by atoms with van der Waals surface area (Å²) in [5.41, 5.74) is 10.3. The van der Waals surface area contributed by atoms with Gasteiger partial charge in [-0.15, -0.1) is 0 Å². The third kappa shape index (κ3) is 8.83. The fourth-order valence-electron chi connectivity index (χ4n) is 7.56. The van der Waals surface area contributed by atoms with Gasteiger partial charge in [-0.2, -0.15) is 0 Å². The summed E-state index contributed by atoms with van der Waals surface area (Å²) in [4.78, 5) is 40.7. The molecule has 0 saturated carbocycles. The highest BCUT2D eigenvalue weighted by Gasteiger charge is 2.53. The number of rotatable bonds is 15. The number of nitrogens with two attached hydrogens (primary N) is 1. The van der Waals surface area contributed by atoms with Gasteiger partial charge in [0.1, 0.15) is 46.8 Å². The van der Waals surface area contributed by atoms with E-state index in [0.29, 0.717) is 44.9 Å². The molecule has 4 aromatic carbocycles. The van der Waals surface area contributed by atoms with Gasteiger partial charge in [-0.25, -0.2) is 35.0 Å². The number of carbonyl (C=O) groups excluding carboxylic acids is 1. The zero-order valence-corrected chi connectivity index (χ0v) is 34.4. The van der Waals surface area contributed by atoms with Crippen LogP contribution in [0.1, 0.15) is 49.3 Å². The number of carboxylic acids is 1. The summed E-state index contributed by atoms with van der Waals surface area (Å²) in [6.45, 7) is 4.47. The van der Waals surface area contributed by atoms with Crippen molar-refractivity contribution in [2.24, 2.45) is 0 Å². The predicted octanol–water partition coefficient (Wildman–Crippen LogP) is 5.50. The Balaban J connectivity index is 1.46. The number of imidazole rings is 1. The van der Waals surface area contributed by atoms with Crippen LogP contribution in [0, 0.1) is 0 Å². The van der Waals surface area contributed by atoms with Gasteiger partial charge < -0.3 is 39.6 Å². The number of nitrogen functional groups attached to an aromatic ring is 1. The number of benzene rings is 4. The molecule has 0 unspecified atom stereocenters. The molecule has 61 heavy (non-hydrogen) atoms. The Morgan fingerprint density at radius 2 is 1.43 bits per heavy atom. The normalized spacial score (nSPS) is 18.4. The van der Waals surface area contributed by atoms with Gasteiger partial charge >= 0.3 is 12.1 Å². The van der Waals surface area contributed by atoms with Crippen molar-refractivity contribution in [3.8, 4) is 11.5 Å². The lowest BCUT2D eigenvalue weighted by atomic mass is 9.79. The highest BCUT2D eigenvalue weighted by Crippen LogP contribution is 2.47. The largest absolute Gasteiger partial charge is 0.497 e. The monoisotopic (exact) mass is 831 g/mol. The summed E-state index contributed by atoms with van der Waals surface area (Å²) in [6.07, 6.45) is -1.72. The summed E-state index contributed by atoms with van der Waals surface area (Å²) in [5.74, 6) is 0.0361. The number of methoxy groups -OCH3 is 2. The molecule has 0 bridgehead atoms. The van der Waals surface area contributed by atoms with Gasteiger partial charge in [0.2, 0.25) is 0 Å². The minimum atomic E-state index is -1.50. The zero-order valence-electron chi connectivity index (χ0n) is 34.4. The Morgan fingerprint density at radius 1 is 0.852 bits per heavy atom.